The molecule has 0 unspecified atom stereocenters. The van der Waals surface area contributed by atoms with Gasteiger partial charge in [0.2, 0.25) is 0 Å². The summed E-state index contributed by atoms with van der Waals surface area (Å²) in [6, 6.07) is 0. The van der Waals surface area contributed by atoms with Gasteiger partial charge >= 0.3 is 0 Å². The van der Waals surface area contributed by atoms with Gasteiger partial charge in [0.05, 0.1) is 5.56 Å². The Kier molecular flexibility index (Phi) is 3.21. The van der Waals surface area contributed by atoms with Crippen LogP contribution in [-0.2, 0) is 0 Å². The van der Waals surface area contributed by atoms with Crippen LogP contribution < -0.4 is 5.32 Å². The van der Waals surface area contributed by atoms with Crippen LogP contribution in [0.25, 0.3) is 0 Å². The van der Waals surface area contributed by atoms with E-state index in [0.29, 0.717) is 23.7 Å². The first-order chi connectivity index (χ1) is 7.99. The van der Waals surface area contributed by atoms with Crippen LogP contribution in [0.5, 0.6) is 0 Å². The van der Waals surface area contributed by atoms with E-state index in [1.165, 1.54) is 0 Å². The highest BCUT2D eigenvalue weighted by Crippen LogP contribution is 2.45. The molecule has 1 aliphatic rings. The van der Waals surface area contributed by atoms with Gasteiger partial charge in [-0.15, -0.1) is 11.6 Å². The second-order valence-corrected chi connectivity index (χ2v) is 5.30. The number of alkyl halides is 1. The zero-order chi connectivity index (χ0) is 12.6. The number of carbonyl (C=O) groups excluding carboxylic acids is 1. The third-order valence-electron chi connectivity index (χ3n) is 3.65. The van der Waals surface area contributed by atoms with Gasteiger partial charge in [-0.3, -0.25) is 4.79 Å². The molecule has 1 aliphatic carbocycles. The molecule has 0 saturated heterocycles. The molecule has 17 heavy (non-hydrogen) atoms. The first-order valence-corrected chi connectivity index (χ1v) is 6.43. The Balaban J connectivity index is 2.05. The standard InChI is InChI=1S/C13H18ClNO2/c1-8-9(2)17-10(3)11(8)12(16)15-7-13(6-14)4-5-13/h4-7H2,1-3H3,(H,15,16). The third kappa shape index (κ3) is 2.34. The van der Waals surface area contributed by atoms with Crippen LogP contribution in [0.2, 0.25) is 0 Å². The zero-order valence-electron chi connectivity index (χ0n) is 10.5. The van der Waals surface area contributed by atoms with E-state index in [4.69, 9.17) is 16.0 Å². The molecule has 1 aromatic heterocycles. The van der Waals surface area contributed by atoms with Crippen LogP contribution in [0.4, 0.5) is 0 Å². The molecule has 1 heterocycles. The Morgan fingerprint density at radius 1 is 1.35 bits per heavy atom. The summed E-state index contributed by atoms with van der Waals surface area (Å²) >= 11 is 5.88. The molecular formula is C13H18ClNO2. The van der Waals surface area contributed by atoms with Crippen molar-refractivity contribution >= 4 is 17.5 Å². The fourth-order valence-electron chi connectivity index (χ4n) is 2.02. The molecule has 0 radical (unpaired) electrons. The predicted octanol–water partition coefficient (Wildman–Crippen LogP) is 2.95. The minimum Gasteiger partial charge on any atom is -0.466 e. The number of halogens is 1. The quantitative estimate of drug-likeness (QED) is 0.841. The van der Waals surface area contributed by atoms with Crippen molar-refractivity contribution in [2.24, 2.45) is 5.41 Å². The highest BCUT2D eigenvalue weighted by atomic mass is 35.5. The summed E-state index contributed by atoms with van der Waals surface area (Å²) in [5.74, 6) is 2.07. The number of hydrogen-bond acceptors (Lipinski definition) is 2. The number of rotatable bonds is 4. The minimum atomic E-state index is -0.0479. The highest BCUT2D eigenvalue weighted by molar-refractivity contribution is 6.18. The van der Waals surface area contributed by atoms with Gasteiger partial charge in [0.25, 0.3) is 5.91 Å². The van der Waals surface area contributed by atoms with Gasteiger partial charge < -0.3 is 9.73 Å². The minimum absolute atomic E-state index is 0.0479. The maximum Gasteiger partial charge on any atom is 0.255 e. The molecule has 0 atom stereocenters. The van der Waals surface area contributed by atoms with Crippen molar-refractivity contribution in [3.63, 3.8) is 0 Å². The Labute approximate surface area is 107 Å². The van der Waals surface area contributed by atoms with Gasteiger partial charge in [-0.05, 0) is 33.6 Å². The molecule has 4 heteroatoms. The van der Waals surface area contributed by atoms with Crippen LogP contribution in [0.1, 0.15) is 40.3 Å². The number of nitrogens with one attached hydrogen (secondary N) is 1. The van der Waals surface area contributed by atoms with Crippen molar-refractivity contribution < 1.29 is 9.21 Å². The van der Waals surface area contributed by atoms with Gasteiger partial charge in [0.1, 0.15) is 11.5 Å². The fraction of sp³-hybridized carbons (Fsp3) is 0.615. The smallest absolute Gasteiger partial charge is 0.255 e. The van der Waals surface area contributed by atoms with Gasteiger partial charge in [0, 0.05) is 23.4 Å². The van der Waals surface area contributed by atoms with E-state index < -0.39 is 0 Å². The maximum atomic E-state index is 12.1. The van der Waals surface area contributed by atoms with Crippen LogP contribution in [-0.4, -0.2) is 18.3 Å². The number of carbonyl (C=O) groups is 1. The molecule has 1 fully saturated rings. The lowest BCUT2D eigenvalue weighted by molar-refractivity contribution is 0.0944. The van der Waals surface area contributed by atoms with Gasteiger partial charge in [-0.2, -0.15) is 0 Å². The summed E-state index contributed by atoms with van der Waals surface area (Å²) in [5, 5.41) is 2.96. The van der Waals surface area contributed by atoms with E-state index >= 15 is 0 Å². The second kappa shape index (κ2) is 4.37. The molecule has 0 spiro atoms. The lowest BCUT2D eigenvalue weighted by atomic mass is 10.1. The van der Waals surface area contributed by atoms with Crippen LogP contribution in [0, 0.1) is 26.2 Å². The van der Waals surface area contributed by atoms with E-state index in [9.17, 15) is 4.79 Å². The maximum absolute atomic E-state index is 12.1. The average Bonchev–Trinajstić information content (AvgIpc) is 3.02. The SMILES string of the molecule is Cc1oc(C)c(C(=O)NCC2(CCl)CC2)c1C. The van der Waals surface area contributed by atoms with Crippen molar-refractivity contribution in [3.8, 4) is 0 Å². The molecule has 1 saturated carbocycles. The van der Waals surface area contributed by atoms with E-state index in [-0.39, 0.29) is 11.3 Å². The molecule has 3 nitrogen and oxygen atoms in total. The molecule has 1 amide bonds. The largest absolute Gasteiger partial charge is 0.466 e. The van der Waals surface area contributed by atoms with Gasteiger partial charge in [-0.25, -0.2) is 0 Å². The first-order valence-electron chi connectivity index (χ1n) is 5.90. The molecule has 0 bridgehead atoms. The summed E-state index contributed by atoms with van der Waals surface area (Å²) in [7, 11) is 0. The average molecular weight is 256 g/mol. The highest BCUT2D eigenvalue weighted by Gasteiger charge is 2.42. The molecule has 0 aliphatic heterocycles. The molecule has 2 rings (SSSR count). The summed E-state index contributed by atoms with van der Waals surface area (Å²) in [6.45, 7) is 6.28. The molecule has 0 aromatic carbocycles. The van der Waals surface area contributed by atoms with Crippen molar-refractivity contribution in [2.75, 3.05) is 12.4 Å². The summed E-state index contributed by atoms with van der Waals surface area (Å²) in [4.78, 5) is 12.1. The van der Waals surface area contributed by atoms with E-state index in [2.05, 4.69) is 5.32 Å². The Morgan fingerprint density at radius 3 is 2.41 bits per heavy atom. The van der Waals surface area contributed by atoms with Crippen molar-refractivity contribution in [1.29, 1.82) is 0 Å². The monoisotopic (exact) mass is 255 g/mol. The lowest BCUT2D eigenvalue weighted by Gasteiger charge is -2.12. The van der Waals surface area contributed by atoms with Crippen molar-refractivity contribution in [3.05, 3.63) is 22.6 Å². The van der Waals surface area contributed by atoms with E-state index in [1.807, 2.05) is 20.8 Å². The van der Waals surface area contributed by atoms with Crippen LogP contribution >= 0.6 is 11.6 Å². The lowest BCUT2D eigenvalue weighted by Crippen LogP contribution is -2.31. The Morgan fingerprint density at radius 2 is 2.00 bits per heavy atom. The number of furan rings is 1. The topological polar surface area (TPSA) is 42.2 Å². The Hall–Kier alpha value is -0.960. The third-order valence-corrected chi connectivity index (χ3v) is 4.22. The van der Waals surface area contributed by atoms with Gasteiger partial charge in [0.15, 0.2) is 0 Å². The van der Waals surface area contributed by atoms with Crippen molar-refractivity contribution in [1.82, 2.24) is 5.32 Å². The molecular weight excluding hydrogens is 238 g/mol. The predicted molar refractivity (Wildman–Crippen MR) is 67.6 cm³/mol. The van der Waals surface area contributed by atoms with Crippen molar-refractivity contribution in [2.45, 2.75) is 33.6 Å². The fourth-order valence-corrected chi connectivity index (χ4v) is 2.38. The zero-order valence-corrected chi connectivity index (χ0v) is 11.3. The number of hydrogen-bond donors (Lipinski definition) is 1. The van der Waals surface area contributed by atoms with Crippen LogP contribution in [0.3, 0.4) is 0 Å². The number of amides is 1. The normalized spacial score (nSPS) is 16.9. The summed E-state index contributed by atoms with van der Waals surface area (Å²) < 4.78 is 5.45. The van der Waals surface area contributed by atoms with Gasteiger partial charge in [-0.1, -0.05) is 0 Å². The number of aryl methyl sites for hydroxylation is 2. The first kappa shape index (κ1) is 12.5. The molecule has 94 valence electrons. The summed E-state index contributed by atoms with van der Waals surface area (Å²) in [5.41, 5.74) is 1.75. The van der Waals surface area contributed by atoms with E-state index in [1.54, 1.807) is 0 Å². The summed E-state index contributed by atoms with van der Waals surface area (Å²) in [6.07, 6.45) is 2.22. The Bertz CT molecular complexity index is 447. The molecule has 1 aromatic rings. The second-order valence-electron chi connectivity index (χ2n) is 5.03. The van der Waals surface area contributed by atoms with E-state index in [0.717, 1.165) is 24.2 Å². The van der Waals surface area contributed by atoms with Crippen LogP contribution in [0.15, 0.2) is 4.42 Å². The molecule has 1 N–H and O–H groups in total.